The van der Waals surface area contributed by atoms with E-state index in [0.717, 1.165) is 28.8 Å². The molecule has 2 aromatic rings. The van der Waals surface area contributed by atoms with E-state index in [4.69, 9.17) is 9.72 Å². The number of rotatable bonds is 5. The lowest BCUT2D eigenvalue weighted by atomic mass is 9.93. The molecule has 0 amide bonds. The Balaban J connectivity index is 2.10. The predicted molar refractivity (Wildman–Crippen MR) is 101 cm³/mol. The first-order valence-corrected chi connectivity index (χ1v) is 9.42. The van der Waals surface area contributed by atoms with E-state index < -0.39 is 0 Å². The Morgan fingerprint density at radius 1 is 1.16 bits per heavy atom. The van der Waals surface area contributed by atoms with E-state index >= 15 is 0 Å². The van der Waals surface area contributed by atoms with Crippen molar-refractivity contribution in [2.75, 3.05) is 7.11 Å². The van der Waals surface area contributed by atoms with Crippen LogP contribution in [0.25, 0.3) is 11.1 Å². The van der Waals surface area contributed by atoms with Gasteiger partial charge in [-0.05, 0) is 42.9 Å². The molecule has 1 fully saturated rings. The van der Waals surface area contributed by atoms with Crippen LogP contribution >= 0.6 is 0 Å². The Hall–Kier alpha value is -1.90. The molecule has 0 bridgehead atoms. The molecule has 0 unspecified atom stereocenters. The topological polar surface area (TPSA) is 22.1 Å². The molecule has 3 rings (SSSR count). The molecule has 0 radical (unpaired) electrons. The van der Waals surface area contributed by atoms with Gasteiger partial charge in [-0.15, -0.1) is 0 Å². The Bertz CT molecular complexity index is 748. The molecule has 0 N–H and O–H groups in total. The third-order valence-electron chi connectivity index (χ3n) is 5.34. The summed E-state index contributed by atoms with van der Waals surface area (Å²) in [5.41, 5.74) is 5.00. The molecule has 1 aliphatic carbocycles. The number of nitrogens with zero attached hydrogens (tertiary/aromatic N) is 1. The molecule has 2 nitrogen and oxygen atoms in total. The first-order chi connectivity index (χ1) is 12.0. The highest BCUT2D eigenvalue weighted by Gasteiger charge is 2.21. The van der Waals surface area contributed by atoms with Crippen LogP contribution in [0.1, 0.15) is 75.2 Å². The number of ether oxygens (including phenoxy) is 1. The standard InChI is InChI=1S/C22H28FNO/c1-5-20-16(10-11-21(24-20)15-8-6-7-9-15)18-12-17(14(2)3)19(23)13-22(18)25-4/h10-15H,5-9H2,1-4H3. The molecular formula is C22H28FNO. The summed E-state index contributed by atoms with van der Waals surface area (Å²) >= 11 is 0. The maximum Gasteiger partial charge on any atom is 0.130 e. The smallest absolute Gasteiger partial charge is 0.130 e. The molecule has 0 saturated heterocycles. The maximum absolute atomic E-state index is 14.3. The van der Waals surface area contributed by atoms with Gasteiger partial charge in [0.15, 0.2) is 0 Å². The number of benzene rings is 1. The number of hydrogen-bond acceptors (Lipinski definition) is 2. The summed E-state index contributed by atoms with van der Waals surface area (Å²) < 4.78 is 19.8. The molecule has 134 valence electrons. The fraction of sp³-hybridized carbons (Fsp3) is 0.500. The van der Waals surface area contributed by atoms with Crippen LogP contribution in [0.2, 0.25) is 0 Å². The van der Waals surface area contributed by atoms with E-state index in [1.807, 2.05) is 19.9 Å². The molecular weight excluding hydrogens is 313 g/mol. The summed E-state index contributed by atoms with van der Waals surface area (Å²) in [4.78, 5) is 4.97. The van der Waals surface area contributed by atoms with Gasteiger partial charge in [-0.3, -0.25) is 4.98 Å². The van der Waals surface area contributed by atoms with Crippen molar-refractivity contribution < 1.29 is 9.13 Å². The van der Waals surface area contributed by atoms with Gasteiger partial charge in [0.25, 0.3) is 0 Å². The molecule has 0 spiro atoms. The van der Waals surface area contributed by atoms with Crippen LogP contribution in [0.3, 0.4) is 0 Å². The van der Waals surface area contributed by atoms with Gasteiger partial charge in [0, 0.05) is 34.5 Å². The third kappa shape index (κ3) is 3.56. The lowest BCUT2D eigenvalue weighted by Crippen LogP contribution is -2.03. The lowest BCUT2D eigenvalue weighted by Gasteiger charge is -2.18. The zero-order valence-corrected chi connectivity index (χ0v) is 15.7. The Kier molecular flexibility index (Phi) is 5.41. The van der Waals surface area contributed by atoms with Crippen molar-refractivity contribution >= 4 is 0 Å². The van der Waals surface area contributed by atoms with Crippen LogP contribution in [-0.2, 0) is 6.42 Å². The summed E-state index contributed by atoms with van der Waals surface area (Å²) in [6, 6.07) is 7.75. The third-order valence-corrected chi connectivity index (χ3v) is 5.34. The van der Waals surface area contributed by atoms with Crippen molar-refractivity contribution in [3.63, 3.8) is 0 Å². The highest BCUT2D eigenvalue weighted by Crippen LogP contribution is 2.38. The largest absolute Gasteiger partial charge is 0.496 e. The molecule has 3 heteroatoms. The van der Waals surface area contributed by atoms with Gasteiger partial charge in [0.1, 0.15) is 11.6 Å². The van der Waals surface area contributed by atoms with E-state index in [9.17, 15) is 4.39 Å². The van der Waals surface area contributed by atoms with Gasteiger partial charge in [-0.2, -0.15) is 0 Å². The Morgan fingerprint density at radius 3 is 2.48 bits per heavy atom. The van der Waals surface area contributed by atoms with Crippen LogP contribution < -0.4 is 4.74 Å². The number of halogens is 1. The van der Waals surface area contributed by atoms with Crippen molar-refractivity contribution in [2.24, 2.45) is 0 Å². The summed E-state index contributed by atoms with van der Waals surface area (Å²) in [5.74, 6) is 1.09. The predicted octanol–water partition coefficient (Wildman–Crippen LogP) is 6.24. The van der Waals surface area contributed by atoms with Crippen LogP contribution in [0.5, 0.6) is 5.75 Å². The van der Waals surface area contributed by atoms with E-state index in [0.29, 0.717) is 11.7 Å². The highest BCUT2D eigenvalue weighted by atomic mass is 19.1. The van der Waals surface area contributed by atoms with Gasteiger partial charge in [-0.25, -0.2) is 4.39 Å². The number of hydrogen-bond donors (Lipinski definition) is 0. The first-order valence-electron chi connectivity index (χ1n) is 9.42. The second-order valence-electron chi connectivity index (χ2n) is 7.29. The highest BCUT2D eigenvalue weighted by molar-refractivity contribution is 5.73. The molecule has 1 saturated carbocycles. The van der Waals surface area contributed by atoms with Gasteiger partial charge < -0.3 is 4.74 Å². The summed E-state index contributed by atoms with van der Waals surface area (Å²) in [7, 11) is 1.60. The summed E-state index contributed by atoms with van der Waals surface area (Å²) in [6.45, 7) is 6.15. The number of aryl methyl sites for hydroxylation is 1. The normalized spacial score (nSPS) is 15.1. The Morgan fingerprint density at radius 2 is 1.88 bits per heavy atom. The average molecular weight is 341 g/mol. The van der Waals surface area contributed by atoms with E-state index in [1.165, 1.54) is 37.4 Å². The van der Waals surface area contributed by atoms with E-state index in [1.54, 1.807) is 7.11 Å². The number of methoxy groups -OCH3 is 1. The van der Waals surface area contributed by atoms with Crippen molar-refractivity contribution in [3.05, 3.63) is 47.0 Å². The minimum Gasteiger partial charge on any atom is -0.496 e. The van der Waals surface area contributed by atoms with Crippen LogP contribution in [0, 0.1) is 5.82 Å². The van der Waals surface area contributed by atoms with Gasteiger partial charge in [0.2, 0.25) is 0 Å². The molecule has 1 aromatic heterocycles. The van der Waals surface area contributed by atoms with E-state index in [-0.39, 0.29) is 11.7 Å². The van der Waals surface area contributed by atoms with Gasteiger partial charge in [-0.1, -0.05) is 39.7 Å². The molecule has 1 heterocycles. The molecule has 25 heavy (non-hydrogen) atoms. The van der Waals surface area contributed by atoms with Crippen molar-refractivity contribution in [2.45, 2.75) is 64.7 Å². The van der Waals surface area contributed by atoms with Gasteiger partial charge >= 0.3 is 0 Å². The number of aromatic nitrogens is 1. The average Bonchev–Trinajstić information content (AvgIpc) is 3.15. The fourth-order valence-electron chi connectivity index (χ4n) is 3.88. The molecule has 1 aliphatic rings. The minimum absolute atomic E-state index is 0.125. The molecule has 0 aliphatic heterocycles. The SMILES string of the molecule is CCc1nc(C2CCCC2)ccc1-c1cc(C(C)C)c(F)cc1OC. The van der Waals surface area contributed by atoms with Crippen LogP contribution in [0.4, 0.5) is 4.39 Å². The summed E-state index contributed by atoms with van der Waals surface area (Å²) in [5, 5.41) is 0. The molecule has 1 aromatic carbocycles. The van der Waals surface area contributed by atoms with Crippen LogP contribution in [0.15, 0.2) is 24.3 Å². The Labute approximate surface area is 150 Å². The molecule has 0 atom stereocenters. The van der Waals surface area contributed by atoms with E-state index in [2.05, 4.69) is 19.1 Å². The first kappa shape index (κ1) is 17.9. The number of pyridine rings is 1. The van der Waals surface area contributed by atoms with Crippen molar-refractivity contribution in [3.8, 4) is 16.9 Å². The lowest BCUT2D eigenvalue weighted by molar-refractivity contribution is 0.412. The summed E-state index contributed by atoms with van der Waals surface area (Å²) in [6.07, 6.45) is 5.95. The zero-order valence-electron chi connectivity index (χ0n) is 15.7. The minimum atomic E-state index is -0.204. The quantitative estimate of drug-likeness (QED) is 0.642. The fourth-order valence-corrected chi connectivity index (χ4v) is 3.88. The second kappa shape index (κ2) is 7.55. The zero-order chi connectivity index (χ0) is 18.0. The van der Waals surface area contributed by atoms with Gasteiger partial charge in [0.05, 0.1) is 7.11 Å². The second-order valence-corrected chi connectivity index (χ2v) is 7.29. The van der Waals surface area contributed by atoms with Crippen molar-refractivity contribution in [1.29, 1.82) is 0 Å². The maximum atomic E-state index is 14.3. The monoisotopic (exact) mass is 341 g/mol. The van der Waals surface area contributed by atoms with Crippen LogP contribution in [-0.4, -0.2) is 12.1 Å². The van der Waals surface area contributed by atoms with Crippen molar-refractivity contribution in [1.82, 2.24) is 4.98 Å².